The molecule has 0 aliphatic rings. The van der Waals surface area contributed by atoms with Crippen molar-refractivity contribution in [3.8, 4) is 17.3 Å². The van der Waals surface area contributed by atoms with Crippen molar-refractivity contribution in [2.45, 2.75) is 31.1 Å². The number of aromatic nitrogens is 1. The molecule has 39 heavy (non-hydrogen) atoms. The molecule has 1 heterocycles. The molecule has 1 N–H and O–H groups in total. The van der Waals surface area contributed by atoms with Crippen LogP contribution in [0.25, 0.3) is 43.6 Å². The number of nitrogens with zero attached hydrogens (tertiary/aromatic N) is 2. The van der Waals surface area contributed by atoms with Crippen LogP contribution in [0.4, 0.5) is 4.39 Å². The average Bonchev–Trinajstić information content (AvgIpc) is 2.86. The van der Waals surface area contributed by atoms with Gasteiger partial charge in [0.1, 0.15) is 0 Å². The number of hydrogen-bond donors (Lipinski definition) is 1. The Balaban J connectivity index is 0.000000468. The Kier molecular flexibility index (Phi) is 9.45. The van der Waals surface area contributed by atoms with Crippen molar-refractivity contribution in [1.82, 2.24) is 4.98 Å². The molecule has 5 aromatic rings. The van der Waals surface area contributed by atoms with E-state index >= 15 is 0 Å². The molecule has 0 unspecified atom stereocenters. The minimum absolute atomic E-state index is 0. The van der Waals surface area contributed by atoms with Gasteiger partial charge in [0, 0.05) is 26.2 Å². The van der Waals surface area contributed by atoms with Crippen LogP contribution in [0.3, 0.4) is 0 Å². The summed E-state index contributed by atoms with van der Waals surface area (Å²) in [6.45, 7) is 2.85. The van der Waals surface area contributed by atoms with Gasteiger partial charge >= 0.3 is 184 Å². The number of rotatable bonds is 3. The van der Waals surface area contributed by atoms with Crippen molar-refractivity contribution >= 4 is 55.8 Å². The summed E-state index contributed by atoms with van der Waals surface area (Å²) < 4.78 is 16.1. The van der Waals surface area contributed by atoms with Gasteiger partial charge in [-0.2, -0.15) is 0 Å². The fraction of sp³-hybridized carbons (Fsp3) is 0.156. The number of aliphatic hydroxyl groups excluding tert-OH is 1. The number of hydrogen-bond acceptors (Lipinski definition) is 4. The second kappa shape index (κ2) is 12.2. The minimum Gasteiger partial charge on any atom is 0 e. The summed E-state index contributed by atoms with van der Waals surface area (Å²) in [5.74, 6) is 6.58. The molecule has 0 amide bonds. The third kappa shape index (κ3) is 6.62. The standard InChI is InChI=1S/C27H20FGeN2.C5H8O2.Ir/c1-29(2,3)20-14-25-22-10-11-31-27(24(22)9-8-23(25)26(28)15-20)18-12-17-6-4-5-7-21(17)19(13-18)16-30;1-4(6)3-5(2)7;/h4-11,13-15H,1-3H3;3,6H,1-2H3;/q-1;;/b;4-3-;. The zero-order valence-electron chi connectivity index (χ0n) is 22.4. The van der Waals surface area contributed by atoms with Gasteiger partial charge < -0.3 is 5.11 Å². The second-order valence-electron chi connectivity index (χ2n) is 10.3. The Morgan fingerprint density at radius 2 is 1.67 bits per heavy atom. The SMILES string of the molecule is CC(=O)/C=C(/C)O.[CH3][Ge]([CH3])([CH3])[c]1cc(F)c2ccc3c(-c4[c-]c5ccccc5c(C#N)c4)nccc3c2c1.[Ir]. The van der Waals surface area contributed by atoms with Gasteiger partial charge in [-0.1, -0.05) is 0 Å². The third-order valence-corrected chi connectivity index (χ3v) is 10.5. The number of pyridine rings is 1. The van der Waals surface area contributed by atoms with E-state index in [2.05, 4.69) is 40.5 Å². The smallest absolute Gasteiger partial charge is 0 e. The van der Waals surface area contributed by atoms with Crippen molar-refractivity contribution in [1.29, 1.82) is 5.26 Å². The molecule has 0 aliphatic heterocycles. The zero-order chi connectivity index (χ0) is 27.6. The number of halogens is 1. The maximum atomic E-state index is 15.0. The molecule has 0 atom stereocenters. The first-order valence-electron chi connectivity index (χ1n) is 12.2. The first kappa shape index (κ1) is 30.2. The van der Waals surface area contributed by atoms with Gasteiger partial charge in [-0.3, -0.25) is 4.79 Å². The van der Waals surface area contributed by atoms with E-state index in [0.29, 0.717) is 10.9 Å². The minimum atomic E-state index is -2.22. The molecule has 5 rings (SSSR count). The Morgan fingerprint density at radius 3 is 2.28 bits per heavy atom. The Hall–Kier alpha value is -3.37. The van der Waals surface area contributed by atoms with E-state index in [1.807, 2.05) is 48.5 Å². The van der Waals surface area contributed by atoms with Crippen LogP contribution in [-0.4, -0.2) is 29.1 Å². The Morgan fingerprint density at radius 1 is 0.974 bits per heavy atom. The number of carbonyl (C=O) groups excluding carboxylic acids is 1. The summed E-state index contributed by atoms with van der Waals surface area (Å²) in [6, 6.07) is 24.9. The van der Waals surface area contributed by atoms with E-state index in [9.17, 15) is 14.4 Å². The van der Waals surface area contributed by atoms with Crippen molar-refractivity contribution in [2.75, 3.05) is 0 Å². The van der Waals surface area contributed by atoms with Gasteiger partial charge in [0.15, 0.2) is 5.78 Å². The molecular weight excluding hydrogens is 728 g/mol. The second-order valence-corrected chi connectivity index (χ2v) is 20.9. The molecule has 1 radical (unpaired) electrons. The van der Waals surface area contributed by atoms with Crippen LogP contribution in [0.1, 0.15) is 19.4 Å². The van der Waals surface area contributed by atoms with Crippen LogP contribution in [0, 0.1) is 23.2 Å². The van der Waals surface area contributed by atoms with Crippen molar-refractivity contribution in [3.63, 3.8) is 0 Å². The van der Waals surface area contributed by atoms with Crippen LogP contribution in [0.15, 0.2) is 78.7 Å². The fourth-order valence-electron chi connectivity index (χ4n) is 4.45. The molecular formula is C32H28FGeIrN2O2-. The molecule has 0 spiro atoms. The van der Waals surface area contributed by atoms with Crippen LogP contribution in [0.2, 0.25) is 17.3 Å². The number of carbonyl (C=O) groups is 1. The fourth-order valence-corrected chi connectivity index (χ4v) is 6.83. The molecule has 4 nitrogen and oxygen atoms in total. The van der Waals surface area contributed by atoms with Gasteiger partial charge in [0.2, 0.25) is 0 Å². The van der Waals surface area contributed by atoms with Crippen LogP contribution < -0.4 is 4.40 Å². The van der Waals surface area contributed by atoms with Crippen molar-refractivity contribution in [2.24, 2.45) is 0 Å². The number of allylic oxidation sites excluding steroid dienone is 2. The number of nitriles is 1. The number of aliphatic hydroxyl groups is 1. The molecule has 0 bridgehead atoms. The Bertz CT molecular complexity index is 1780. The van der Waals surface area contributed by atoms with E-state index in [0.717, 1.165) is 42.6 Å². The largest absolute Gasteiger partial charge is 0 e. The van der Waals surface area contributed by atoms with E-state index in [1.54, 1.807) is 12.3 Å². The van der Waals surface area contributed by atoms with E-state index in [1.165, 1.54) is 19.9 Å². The summed E-state index contributed by atoms with van der Waals surface area (Å²) in [7, 11) is 0. The summed E-state index contributed by atoms with van der Waals surface area (Å²) in [5.41, 5.74) is 2.12. The summed E-state index contributed by atoms with van der Waals surface area (Å²) in [5, 5.41) is 23.2. The molecule has 0 saturated carbocycles. The predicted molar refractivity (Wildman–Crippen MR) is 156 cm³/mol. The maximum Gasteiger partial charge on any atom is 0 e. The molecule has 1 aromatic heterocycles. The van der Waals surface area contributed by atoms with Crippen LogP contribution in [-0.2, 0) is 24.9 Å². The average molecular weight is 756 g/mol. The monoisotopic (exact) mass is 758 g/mol. The molecule has 7 heteroatoms. The first-order valence-corrected chi connectivity index (χ1v) is 19.6. The Labute approximate surface area is 243 Å². The summed E-state index contributed by atoms with van der Waals surface area (Å²) >= 11 is -2.22. The molecule has 199 valence electrons. The number of benzene rings is 4. The predicted octanol–water partition coefficient (Wildman–Crippen LogP) is 7.60. The quantitative estimate of drug-likeness (QED) is 0.0677. The maximum absolute atomic E-state index is 15.0. The molecule has 0 fully saturated rings. The van der Waals surface area contributed by atoms with E-state index in [-0.39, 0.29) is 37.5 Å². The molecule has 4 aromatic carbocycles. The van der Waals surface area contributed by atoms with Crippen molar-refractivity contribution in [3.05, 3.63) is 96.1 Å². The normalized spacial score (nSPS) is 11.5. The van der Waals surface area contributed by atoms with E-state index < -0.39 is 13.3 Å². The zero-order valence-corrected chi connectivity index (χ0v) is 26.9. The van der Waals surface area contributed by atoms with E-state index in [4.69, 9.17) is 5.11 Å². The van der Waals surface area contributed by atoms with Gasteiger partial charge in [-0.05, 0) is 13.8 Å². The van der Waals surface area contributed by atoms with Crippen molar-refractivity contribution < 1.29 is 34.4 Å². The van der Waals surface area contributed by atoms with Gasteiger partial charge in [-0.25, -0.2) is 0 Å². The number of ketones is 1. The van der Waals surface area contributed by atoms with Crippen LogP contribution in [0.5, 0.6) is 0 Å². The topological polar surface area (TPSA) is 74.0 Å². The van der Waals surface area contributed by atoms with Gasteiger partial charge in [0.05, 0.1) is 5.76 Å². The van der Waals surface area contributed by atoms with Crippen LogP contribution >= 0.6 is 0 Å². The first-order chi connectivity index (χ1) is 18.0. The third-order valence-electron chi connectivity index (χ3n) is 6.26. The number of fused-ring (bicyclic) bond motifs is 4. The van der Waals surface area contributed by atoms with Gasteiger partial charge in [0.25, 0.3) is 0 Å². The summed E-state index contributed by atoms with van der Waals surface area (Å²) in [4.78, 5) is 14.7. The molecule has 0 saturated heterocycles. The molecule has 0 aliphatic carbocycles. The summed E-state index contributed by atoms with van der Waals surface area (Å²) in [6.07, 6.45) is 2.93. The van der Waals surface area contributed by atoms with Gasteiger partial charge in [-0.15, -0.1) is 0 Å².